The van der Waals surface area contributed by atoms with E-state index in [4.69, 9.17) is 17.7 Å². The minimum absolute atomic E-state index is 0.0207. The van der Waals surface area contributed by atoms with E-state index < -0.39 is 0 Å². The molecular formula is C58H61BN2O4. The lowest BCUT2D eigenvalue weighted by Crippen LogP contribution is -2.61. The van der Waals surface area contributed by atoms with Gasteiger partial charge in [0.05, 0.1) is 0 Å². The monoisotopic (exact) mass is 860 g/mol. The number of anilines is 6. The van der Waals surface area contributed by atoms with E-state index >= 15 is 0 Å². The molecule has 9 aromatic rings. The minimum atomic E-state index is -0.256. The second kappa shape index (κ2) is 13.3. The fraction of sp³-hybridized carbons (Fsp3) is 0.345. The number of nitrogens with zero attached hydrogens (tertiary/aromatic N) is 2. The van der Waals surface area contributed by atoms with Crippen LogP contribution in [0.1, 0.15) is 132 Å². The zero-order valence-electron chi connectivity index (χ0n) is 40.8. The van der Waals surface area contributed by atoms with Crippen molar-refractivity contribution in [2.45, 2.75) is 131 Å². The van der Waals surface area contributed by atoms with Crippen LogP contribution in [-0.4, -0.2) is 6.71 Å². The highest BCUT2D eigenvalue weighted by Crippen LogP contribution is 2.51. The Balaban J connectivity index is 1.29. The van der Waals surface area contributed by atoms with Gasteiger partial charge in [0.1, 0.15) is 22.3 Å². The summed E-state index contributed by atoms with van der Waals surface area (Å²) in [5.41, 5.74) is 14.4. The van der Waals surface area contributed by atoms with Gasteiger partial charge in [-0.05, 0) is 121 Å². The number of hydrogen-bond donors (Lipinski definition) is 0. The van der Waals surface area contributed by atoms with E-state index in [9.17, 15) is 0 Å². The first-order valence-electron chi connectivity index (χ1n) is 23.4. The van der Waals surface area contributed by atoms with Crippen molar-refractivity contribution in [1.29, 1.82) is 0 Å². The van der Waals surface area contributed by atoms with Crippen LogP contribution in [0.25, 0.3) is 43.9 Å². The maximum Gasteiger partial charge on any atom is 0.262 e. The third-order valence-corrected chi connectivity index (χ3v) is 14.1. The van der Waals surface area contributed by atoms with Crippen LogP contribution in [0.4, 0.5) is 34.9 Å². The van der Waals surface area contributed by atoms with Crippen LogP contribution in [-0.2, 0) is 27.1 Å². The summed E-state index contributed by atoms with van der Waals surface area (Å²) in [6.07, 6.45) is 0. The zero-order chi connectivity index (χ0) is 46.1. The van der Waals surface area contributed by atoms with Crippen molar-refractivity contribution < 1.29 is 17.7 Å². The third kappa shape index (κ3) is 6.42. The summed E-state index contributed by atoms with van der Waals surface area (Å²) < 4.78 is 28.5. The molecule has 6 nitrogen and oxygen atoms in total. The number of fused-ring (bicyclic) bond motifs is 10. The Kier molecular flexibility index (Phi) is 8.50. The van der Waals surface area contributed by atoms with Gasteiger partial charge in [0.25, 0.3) is 6.71 Å². The molecule has 11 rings (SSSR count). The molecule has 4 aromatic heterocycles. The van der Waals surface area contributed by atoms with E-state index in [0.717, 1.165) is 83.4 Å². The van der Waals surface area contributed by atoms with E-state index in [0.29, 0.717) is 11.8 Å². The van der Waals surface area contributed by atoms with Crippen molar-refractivity contribution in [3.63, 3.8) is 0 Å². The lowest BCUT2D eigenvalue weighted by atomic mass is 9.33. The fourth-order valence-corrected chi connectivity index (χ4v) is 10.1. The van der Waals surface area contributed by atoms with E-state index in [1.54, 1.807) is 0 Å². The molecule has 7 heteroatoms. The van der Waals surface area contributed by atoms with Crippen LogP contribution >= 0.6 is 0 Å². The van der Waals surface area contributed by atoms with Gasteiger partial charge in [0, 0.05) is 56.0 Å². The Hall–Kier alpha value is -6.08. The van der Waals surface area contributed by atoms with Gasteiger partial charge in [-0.15, -0.1) is 0 Å². The molecule has 0 saturated carbocycles. The van der Waals surface area contributed by atoms with E-state index in [1.165, 1.54) is 27.8 Å². The molecule has 2 aliphatic rings. The van der Waals surface area contributed by atoms with Crippen molar-refractivity contribution in [2.24, 2.45) is 0 Å². The van der Waals surface area contributed by atoms with E-state index in [2.05, 4.69) is 211 Å². The van der Waals surface area contributed by atoms with Crippen molar-refractivity contribution in [1.82, 2.24) is 0 Å². The van der Waals surface area contributed by atoms with Crippen LogP contribution < -0.4 is 26.2 Å². The molecule has 0 amide bonds. The van der Waals surface area contributed by atoms with Crippen LogP contribution in [0.3, 0.4) is 0 Å². The van der Waals surface area contributed by atoms with Crippen molar-refractivity contribution >= 4 is 102 Å². The molecule has 330 valence electrons. The Morgan fingerprint density at radius 1 is 0.338 bits per heavy atom. The molecule has 0 spiro atoms. The fourth-order valence-electron chi connectivity index (χ4n) is 10.1. The third-order valence-electron chi connectivity index (χ3n) is 14.1. The molecule has 0 unspecified atom stereocenters. The van der Waals surface area contributed by atoms with E-state index in [1.807, 2.05) is 0 Å². The highest BCUT2D eigenvalue weighted by atomic mass is 16.4. The summed E-state index contributed by atoms with van der Waals surface area (Å²) in [4.78, 5) is 4.52. The normalized spacial score (nSPS) is 14.6. The average molecular weight is 861 g/mol. The molecule has 0 bridgehead atoms. The molecule has 0 N–H and O–H groups in total. The summed E-state index contributed by atoms with van der Waals surface area (Å²) in [6, 6.07) is 35.8. The first-order chi connectivity index (χ1) is 30.3. The Bertz CT molecular complexity index is 3210. The number of furan rings is 4. The van der Waals surface area contributed by atoms with Crippen LogP contribution in [0.5, 0.6) is 0 Å². The number of rotatable bonds is 2. The molecule has 5 aromatic carbocycles. The quantitative estimate of drug-likeness (QED) is 0.161. The van der Waals surface area contributed by atoms with Gasteiger partial charge >= 0.3 is 0 Å². The largest absolute Gasteiger partial charge is 0.440 e. The second-order valence-electron chi connectivity index (χ2n) is 24.0. The van der Waals surface area contributed by atoms with Gasteiger partial charge in [-0.25, -0.2) is 0 Å². The predicted molar refractivity (Wildman–Crippen MR) is 273 cm³/mol. The first-order valence-corrected chi connectivity index (χ1v) is 23.4. The number of hydrogen-bond acceptors (Lipinski definition) is 6. The molecule has 0 aliphatic carbocycles. The lowest BCUT2D eigenvalue weighted by molar-refractivity contribution is 0.575. The maximum absolute atomic E-state index is 7.25. The second-order valence-corrected chi connectivity index (χ2v) is 24.0. The van der Waals surface area contributed by atoms with Gasteiger partial charge in [-0.3, -0.25) is 9.80 Å². The highest BCUT2D eigenvalue weighted by Gasteiger charge is 2.50. The maximum atomic E-state index is 7.25. The Morgan fingerprint density at radius 3 is 1.03 bits per heavy atom. The molecule has 2 aliphatic heterocycles. The smallest absolute Gasteiger partial charge is 0.262 e. The standard InChI is InChI=1S/C58H61BN2O4/c1-54(2,3)34-16-20-43-32(24-34)26-47(62-43)60-41-30-38(58(13,14)15)31-42-51(41)59(49-39-28-36(56(7,8)9)18-22-45(39)64-52(49)60)50-40-29-37(57(10,11)12)19-23-46(40)65-53(50)61(42)48-27-33-25-35(55(4,5)6)17-21-44(33)63-48/h16-31H,1-15H3. The summed E-state index contributed by atoms with van der Waals surface area (Å²) in [6.45, 7) is 33.8. The SMILES string of the molecule is CC(C)(C)c1cc2c3c(c1)N(c1cc4cc(C(C)(C)C)ccc4o1)c1oc4ccc(C(C)(C)C)cc4c1B3c1c(oc3ccc(C(C)(C)C)cc13)N2c1cc2cc(C(C)(C)C)ccc2o1. The van der Waals surface area contributed by atoms with Gasteiger partial charge in [-0.2, -0.15) is 0 Å². The lowest BCUT2D eigenvalue weighted by Gasteiger charge is -2.40. The Labute approximate surface area is 383 Å². The molecule has 0 radical (unpaired) electrons. The number of benzene rings is 5. The van der Waals surface area contributed by atoms with Crippen molar-refractivity contribution in [3.8, 4) is 0 Å². The van der Waals surface area contributed by atoms with Crippen LogP contribution in [0, 0.1) is 0 Å². The topological polar surface area (TPSA) is 59.0 Å². The predicted octanol–water partition coefficient (Wildman–Crippen LogP) is 15.2. The molecule has 0 atom stereocenters. The highest BCUT2D eigenvalue weighted by molar-refractivity contribution is 7.02. The van der Waals surface area contributed by atoms with E-state index in [-0.39, 0.29) is 33.8 Å². The van der Waals surface area contributed by atoms with Gasteiger partial charge in [0.2, 0.25) is 23.5 Å². The minimum Gasteiger partial charge on any atom is -0.440 e. The van der Waals surface area contributed by atoms with Gasteiger partial charge in [-0.1, -0.05) is 128 Å². The van der Waals surface area contributed by atoms with Gasteiger partial charge < -0.3 is 17.7 Å². The molecule has 0 saturated heterocycles. The van der Waals surface area contributed by atoms with Crippen molar-refractivity contribution in [3.05, 3.63) is 125 Å². The molecular weight excluding hydrogens is 799 g/mol. The molecule has 65 heavy (non-hydrogen) atoms. The first kappa shape index (κ1) is 41.6. The van der Waals surface area contributed by atoms with Gasteiger partial charge in [0.15, 0.2) is 0 Å². The summed E-state index contributed by atoms with van der Waals surface area (Å²) in [5, 5.41) is 4.28. The zero-order valence-corrected chi connectivity index (χ0v) is 40.8. The Morgan fingerprint density at radius 2 is 0.677 bits per heavy atom. The summed E-state index contributed by atoms with van der Waals surface area (Å²) in [7, 11) is 0. The molecule has 0 fully saturated rings. The summed E-state index contributed by atoms with van der Waals surface area (Å²) in [5.74, 6) is 2.93. The van der Waals surface area contributed by atoms with Crippen molar-refractivity contribution in [2.75, 3.05) is 9.80 Å². The molecule has 6 heterocycles. The van der Waals surface area contributed by atoms with Crippen LogP contribution in [0.15, 0.2) is 115 Å². The average Bonchev–Trinajstić information content (AvgIpc) is 4.00. The van der Waals surface area contributed by atoms with Crippen LogP contribution in [0.2, 0.25) is 0 Å². The summed E-state index contributed by atoms with van der Waals surface area (Å²) >= 11 is 0.